The monoisotopic (exact) mass is 565 g/mol. The van der Waals surface area contributed by atoms with Crippen LogP contribution in [0.5, 0.6) is 6.01 Å². The summed E-state index contributed by atoms with van der Waals surface area (Å²) >= 11 is 0. The Kier molecular flexibility index (Phi) is 7.85. The molecule has 0 saturated carbocycles. The summed E-state index contributed by atoms with van der Waals surface area (Å²) < 4.78 is 42.0. The molecular weight excluding hydrogens is 532 g/mol. The van der Waals surface area contributed by atoms with E-state index in [0.717, 1.165) is 11.8 Å². The molecule has 1 fully saturated rings. The first-order valence-electron chi connectivity index (χ1n) is 13.4. The Bertz CT molecular complexity index is 1580. The second-order valence-corrected chi connectivity index (χ2v) is 11.1. The fraction of sp³-hybridized carbons (Fsp3) is 0.414. The number of aromatic nitrogens is 5. The van der Waals surface area contributed by atoms with E-state index in [4.69, 9.17) is 9.47 Å². The van der Waals surface area contributed by atoms with E-state index in [-0.39, 0.29) is 24.5 Å². The number of amides is 1. The number of carbonyl (C=O) groups is 1. The minimum absolute atomic E-state index is 0.0998. The zero-order chi connectivity index (χ0) is 29.3. The number of hydrogen-bond acceptors (Lipinski definition) is 8. The maximum absolute atomic E-state index is 15.5. The van der Waals surface area contributed by atoms with Crippen molar-refractivity contribution in [2.75, 3.05) is 33.3 Å². The van der Waals surface area contributed by atoms with Crippen LogP contribution in [-0.4, -0.2) is 79.3 Å². The van der Waals surface area contributed by atoms with Crippen molar-refractivity contribution in [1.29, 1.82) is 0 Å². The number of pyridine rings is 1. The molecule has 4 aromatic rings. The summed E-state index contributed by atoms with van der Waals surface area (Å²) in [6, 6.07) is 6.64. The highest BCUT2D eigenvalue weighted by Crippen LogP contribution is 2.28. The van der Waals surface area contributed by atoms with Gasteiger partial charge in [0.1, 0.15) is 28.6 Å². The standard InChI is InChI=1S/C29H33F2N7O3/c1-18-24-26(35-27(33-18)40-5)38(25(34-24)21-13-22(30)15-32-14-21)17-20-7-6-19(12-23(20)31)16-36-8-10-37(11-9-36)28(39)41-29(2,3)4/h6-7,12-15H,8-11,16-17H2,1-5H3. The Morgan fingerprint density at radius 2 is 1.76 bits per heavy atom. The van der Waals surface area contributed by atoms with E-state index in [2.05, 4.69) is 24.8 Å². The van der Waals surface area contributed by atoms with Crippen molar-refractivity contribution in [1.82, 2.24) is 34.3 Å². The lowest BCUT2D eigenvalue weighted by atomic mass is 10.1. The molecule has 0 aliphatic carbocycles. The first-order chi connectivity index (χ1) is 19.5. The van der Waals surface area contributed by atoms with E-state index in [1.165, 1.54) is 25.4 Å². The lowest BCUT2D eigenvalue weighted by molar-refractivity contribution is 0.0139. The first kappa shape index (κ1) is 28.3. The van der Waals surface area contributed by atoms with Crippen molar-refractivity contribution in [3.05, 3.63) is 65.1 Å². The zero-order valence-electron chi connectivity index (χ0n) is 23.8. The van der Waals surface area contributed by atoms with Crippen LogP contribution in [0.4, 0.5) is 13.6 Å². The van der Waals surface area contributed by atoms with Crippen LogP contribution in [-0.2, 0) is 17.8 Å². The molecule has 41 heavy (non-hydrogen) atoms. The smallest absolute Gasteiger partial charge is 0.410 e. The van der Waals surface area contributed by atoms with Gasteiger partial charge in [-0.2, -0.15) is 9.97 Å². The summed E-state index contributed by atoms with van der Waals surface area (Å²) in [5.74, 6) is -0.495. The average Bonchev–Trinajstić information content (AvgIpc) is 3.28. The van der Waals surface area contributed by atoms with E-state index in [1.807, 2.05) is 26.8 Å². The molecule has 0 spiro atoms. The maximum Gasteiger partial charge on any atom is 0.410 e. The van der Waals surface area contributed by atoms with Gasteiger partial charge in [0.25, 0.3) is 0 Å². The molecule has 12 heteroatoms. The predicted molar refractivity (Wildman–Crippen MR) is 148 cm³/mol. The number of halogens is 2. The van der Waals surface area contributed by atoms with Gasteiger partial charge in [-0.25, -0.2) is 18.6 Å². The van der Waals surface area contributed by atoms with Crippen molar-refractivity contribution in [3.8, 4) is 17.4 Å². The largest absolute Gasteiger partial charge is 0.467 e. The Morgan fingerprint density at radius 1 is 1.00 bits per heavy atom. The van der Waals surface area contributed by atoms with Crippen LogP contribution >= 0.6 is 0 Å². The molecule has 1 aromatic carbocycles. The molecule has 5 rings (SSSR count). The van der Waals surface area contributed by atoms with Crippen molar-refractivity contribution in [2.45, 2.75) is 46.4 Å². The summed E-state index contributed by atoms with van der Waals surface area (Å²) in [7, 11) is 1.47. The van der Waals surface area contributed by atoms with Gasteiger partial charge in [-0.15, -0.1) is 0 Å². The second-order valence-electron chi connectivity index (χ2n) is 11.1. The number of fused-ring (bicyclic) bond motifs is 1. The number of piperazine rings is 1. The fourth-order valence-corrected chi connectivity index (χ4v) is 4.77. The van der Waals surface area contributed by atoms with Crippen molar-refractivity contribution < 1.29 is 23.0 Å². The van der Waals surface area contributed by atoms with Crippen LogP contribution < -0.4 is 4.74 Å². The van der Waals surface area contributed by atoms with E-state index in [1.54, 1.807) is 22.5 Å². The number of ether oxygens (including phenoxy) is 2. The Hall–Kier alpha value is -4.19. The van der Waals surface area contributed by atoms with Crippen LogP contribution in [0, 0.1) is 18.6 Å². The number of carbonyl (C=O) groups excluding carboxylic acids is 1. The number of nitrogens with zero attached hydrogens (tertiary/aromatic N) is 7. The molecule has 3 aromatic heterocycles. The van der Waals surface area contributed by atoms with Gasteiger partial charge < -0.3 is 18.9 Å². The Labute approximate surface area is 237 Å². The van der Waals surface area contributed by atoms with Gasteiger partial charge in [-0.3, -0.25) is 9.88 Å². The van der Waals surface area contributed by atoms with E-state index < -0.39 is 11.4 Å². The fourth-order valence-electron chi connectivity index (χ4n) is 4.77. The molecule has 10 nitrogen and oxygen atoms in total. The molecule has 0 unspecified atom stereocenters. The second kappa shape index (κ2) is 11.4. The van der Waals surface area contributed by atoms with Gasteiger partial charge in [0.05, 0.1) is 25.5 Å². The number of benzene rings is 1. The number of hydrogen-bond donors (Lipinski definition) is 0. The molecular formula is C29H33F2N7O3. The predicted octanol–water partition coefficient (Wildman–Crippen LogP) is 4.58. The van der Waals surface area contributed by atoms with E-state index in [0.29, 0.717) is 66.5 Å². The van der Waals surface area contributed by atoms with Crippen LogP contribution in [0.1, 0.15) is 37.6 Å². The minimum Gasteiger partial charge on any atom is -0.467 e. The van der Waals surface area contributed by atoms with Gasteiger partial charge in [-0.1, -0.05) is 12.1 Å². The summed E-state index contributed by atoms with van der Waals surface area (Å²) in [5.41, 5.74) is 2.67. The van der Waals surface area contributed by atoms with Gasteiger partial charge in [0, 0.05) is 50.0 Å². The SMILES string of the molecule is COc1nc(C)c2nc(-c3cncc(F)c3)n(Cc3ccc(CN4CCN(C(=O)OC(C)(C)C)CC4)cc3F)c2n1. The van der Waals surface area contributed by atoms with Crippen LogP contribution in [0.2, 0.25) is 0 Å². The molecule has 0 radical (unpaired) electrons. The maximum atomic E-state index is 15.5. The number of rotatable bonds is 6. The van der Waals surface area contributed by atoms with Gasteiger partial charge >= 0.3 is 12.1 Å². The summed E-state index contributed by atoms with van der Waals surface area (Å²) in [6.07, 6.45) is 2.30. The normalized spacial score (nSPS) is 14.5. The quantitative estimate of drug-likeness (QED) is 0.335. The summed E-state index contributed by atoms with van der Waals surface area (Å²) in [6.45, 7) is 10.4. The van der Waals surface area contributed by atoms with Crippen molar-refractivity contribution >= 4 is 17.3 Å². The number of imidazole rings is 1. The van der Waals surface area contributed by atoms with E-state index in [9.17, 15) is 9.18 Å². The summed E-state index contributed by atoms with van der Waals surface area (Å²) in [5, 5.41) is 0. The van der Waals surface area contributed by atoms with Crippen LogP contribution in [0.15, 0.2) is 36.7 Å². The molecule has 216 valence electrons. The van der Waals surface area contributed by atoms with Crippen molar-refractivity contribution in [3.63, 3.8) is 0 Å². The van der Waals surface area contributed by atoms with E-state index >= 15 is 4.39 Å². The molecule has 1 saturated heterocycles. The van der Waals surface area contributed by atoms with Crippen molar-refractivity contribution in [2.24, 2.45) is 0 Å². The molecule has 1 aliphatic rings. The molecule has 1 amide bonds. The lowest BCUT2D eigenvalue weighted by Gasteiger charge is -2.35. The third-order valence-corrected chi connectivity index (χ3v) is 6.77. The highest BCUT2D eigenvalue weighted by Gasteiger charge is 2.26. The summed E-state index contributed by atoms with van der Waals surface area (Å²) in [4.78, 5) is 33.6. The minimum atomic E-state index is -0.538. The molecule has 0 N–H and O–H groups in total. The van der Waals surface area contributed by atoms with Gasteiger partial charge in [-0.05, 0) is 45.4 Å². The third kappa shape index (κ3) is 6.43. The van der Waals surface area contributed by atoms with Gasteiger partial charge in [0.15, 0.2) is 5.65 Å². The van der Waals surface area contributed by atoms with Crippen LogP contribution in [0.25, 0.3) is 22.6 Å². The molecule has 0 atom stereocenters. The van der Waals surface area contributed by atoms with Crippen LogP contribution in [0.3, 0.4) is 0 Å². The molecule has 0 bridgehead atoms. The number of methoxy groups -OCH3 is 1. The molecule has 1 aliphatic heterocycles. The van der Waals surface area contributed by atoms with Gasteiger partial charge in [0.2, 0.25) is 0 Å². The zero-order valence-corrected chi connectivity index (χ0v) is 23.8. The Morgan fingerprint density at radius 3 is 2.41 bits per heavy atom. The third-order valence-electron chi connectivity index (χ3n) is 6.77. The Balaban J connectivity index is 1.36. The molecule has 4 heterocycles. The first-order valence-corrected chi connectivity index (χ1v) is 13.4. The average molecular weight is 566 g/mol. The lowest BCUT2D eigenvalue weighted by Crippen LogP contribution is -2.49. The highest BCUT2D eigenvalue weighted by atomic mass is 19.1. The number of aryl methyl sites for hydroxylation is 1. The topological polar surface area (TPSA) is 98.5 Å². The highest BCUT2D eigenvalue weighted by molar-refractivity contribution is 5.79.